The molecule has 0 bridgehead atoms. The van der Waals surface area contributed by atoms with E-state index in [1.807, 2.05) is 18.2 Å². The Morgan fingerprint density at radius 2 is 2.08 bits per heavy atom. The molecule has 0 saturated heterocycles. The van der Waals surface area contributed by atoms with Crippen LogP contribution in [0.1, 0.15) is 12.5 Å². The Bertz CT molecular complexity index is 292. The summed E-state index contributed by atoms with van der Waals surface area (Å²) in [6.45, 7) is 2.84. The molecule has 2 heteroatoms. The number of benzene rings is 1. The summed E-state index contributed by atoms with van der Waals surface area (Å²) >= 11 is 0. The second kappa shape index (κ2) is 2.97. The number of rotatable bonds is 1. The summed E-state index contributed by atoms with van der Waals surface area (Å²) in [5.74, 6) is 0.424. The average Bonchev–Trinajstić information content (AvgIpc) is 2.53. The third kappa shape index (κ3) is 1.20. The van der Waals surface area contributed by atoms with E-state index in [9.17, 15) is 0 Å². The maximum Gasteiger partial charge on any atom is 0.125 e. The largest absolute Gasteiger partial charge is 0.395 e. The first-order chi connectivity index (χ1) is 5.88. The third-order valence-electron chi connectivity index (χ3n) is 2.02. The maximum absolute atomic E-state index is 5.01. The van der Waals surface area contributed by atoms with E-state index in [4.69, 9.17) is 4.84 Å². The average molecular weight is 161 g/mol. The molecular formula is C10H11NO. The molecule has 2 nitrogen and oxygen atoms in total. The molecule has 1 aromatic rings. The van der Waals surface area contributed by atoms with E-state index in [1.165, 1.54) is 5.56 Å². The van der Waals surface area contributed by atoms with E-state index >= 15 is 0 Å². The molecular weight excluding hydrogens is 150 g/mol. The Kier molecular flexibility index (Phi) is 1.82. The van der Waals surface area contributed by atoms with Crippen LogP contribution < -0.4 is 0 Å². The van der Waals surface area contributed by atoms with Gasteiger partial charge in [0.1, 0.15) is 6.61 Å². The van der Waals surface area contributed by atoms with Crippen molar-refractivity contribution in [3.8, 4) is 0 Å². The van der Waals surface area contributed by atoms with Crippen molar-refractivity contribution in [1.29, 1.82) is 0 Å². The van der Waals surface area contributed by atoms with E-state index in [-0.39, 0.29) is 0 Å². The van der Waals surface area contributed by atoms with Crippen LogP contribution in [0.5, 0.6) is 0 Å². The maximum atomic E-state index is 5.01. The molecule has 2 rings (SSSR count). The highest BCUT2D eigenvalue weighted by Crippen LogP contribution is 2.15. The zero-order chi connectivity index (χ0) is 8.39. The van der Waals surface area contributed by atoms with Crippen molar-refractivity contribution in [3.05, 3.63) is 35.9 Å². The molecule has 0 spiro atoms. The van der Waals surface area contributed by atoms with Crippen LogP contribution in [0.4, 0.5) is 0 Å². The molecule has 1 unspecified atom stereocenters. The van der Waals surface area contributed by atoms with Crippen molar-refractivity contribution < 1.29 is 4.84 Å². The predicted molar refractivity (Wildman–Crippen MR) is 48.1 cm³/mol. The Labute approximate surface area is 71.8 Å². The smallest absolute Gasteiger partial charge is 0.125 e. The first kappa shape index (κ1) is 7.35. The summed E-state index contributed by atoms with van der Waals surface area (Å²) in [7, 11) is 0. The molecule has 0 aromatic heterocycles. The second-order valence-corrected chi connectivity index (χ2v) is 3.04. The summed E-state index contributed by atoms with van der Waals surface area (Å²) < 4.78 is 0. The van der Waals surface area contributed by atoms with E-state index in [2.05, 4.69) is 24.2 Å². The SMILES string of the molecule is CC1CON=C1c1ccccc1. The van der Waals surface area contributed by atoms with Gasteiger partial charge < -0.3 is 4.84 Å². The molecule has 0 aliphatic carbocycles. The molecule has 1 aliphatic heterocycles. The van der Waals surface area contributed by atoms with Gasteiger partial charge >= 0.3 is 0 Å². The molecule has 0 radical (unpaired) electrons. The summed E-state index contributed by atoms with van der Waals surface area (Å²) in [4.78, 5) is 5.01. The highest BCUT2D eigenvalue weighted by molar-refractivity contribution is 6.02. The molecule has 1 heterocycles. The molecule has 1 aromatic carbocycles. The Morgan fingerprint density at radius 1 is 1.33 bits per heavy atom. The van der Waals surface area contributed by atoms with Crippen molar-refractivity contribution >= 4 is 5.71 Å². The van der Waals surface area contributed by atoms with Crippen LogP contribution in [-0.4, -0.2) is 12.3 Å². The number of hydrogen-bond donors (Lipinski definition) is 0. The molecule has 0 fully saturated rings. The monoisotopic (exact) mass is 161 g/mol. The molecule has 1 atom stereocenters. The van der Waals surface area contributed by atoms with E-state index < -0.39 is 0 Å². The van der Waals surface area contributed by atoms with Gasteiger partial charge in [0, 0.05) is 5.92 Å². The molecule has 0 saturated carbocycles. The normalized spacial score (nSPS) is 21.8. The van der Waals surface area contributed by atoms with Gasteiger partial charge in [-0.05, 0) is 5.56 Å². The lowest BCUT2D eigenvalue weighted by Crippen LogP contribution is -2.09. The van der Waals surface area contributed by atoms with Gasteiger partial charge in [0.15, 0.2) is 0 Å². The minimum Gasteiger partial charge on any atom is -0.395 e. The zero-order valence-electron chi connectivity index (χ0n) is 7.03. The Morgan fingerprint density at radius 3 is 2.67 bits per heavy atom. The first-order valence-electron chi connectivity index (χ1n) is 4.13. The van der Waals surface area contributed by atoms with Crippen molar-refractivity contribution in [2.24, 2.45) is 11.1 Å². The fourth-order valence-electron chi connectivity index (χ4n) is 1.33. The van der Waals surface area contributed by atoms with Crippen LogP contribution in [0, 0.1) is 5.92 Å². The van der Waals surface area contributed by atoms with E-state index in [0.29, 0.717) is 12.5 Å². The van der Waals surface area contributed by atoms with Gasteiger partial charge in [-0.15, -0.1) is 0 Å². The van der Waals surface area contributed by atoms with Crippen molar-refractivity contribution in [1.82, 2.24) is 0 Å². The lowest BCUT2D eigenvalue weighted by molar-refractivity contribution is 0.158. The summed E-state index contributed by atoms with van der Waals surface area (Å²) in [5.41, 5.74) is 2.23. The van der Waals surface area contributed by atoms with Crippen molar-refractivity contribution in [3.63, 3.8) is 0 Å². The van der Waals surface area contributed by atoms with Gasteiger partial charge in [0.05, 0.1) is 5.71 Å². The van der Waals surface area contributed by atoms with Crippen LogP contribution in [-0.2, 0) is 4.84 Å². The van der Waals surface area contributed by atoms with Gasteiger partial charge in [-0.1, -0.05) is 42.4 Å². The summed E-state index contributed by atoms with van der Waals surface area (Å²) in [5, 5.41) is 4.00. The number of nitrogens with zero attached hydrogens (tertiary/aromatic N) is 1. The van der Waals surface area contributed by atoms with Gasteiger partial charge in [-0.3, -0.25) is 0 Å². The number of oxime groups is 1. The molecule has 1 aliphatic rings. The zero-order valence-corrected chi connectivity index (χ0v) is 7.03. The molecule has 0 amide bonds. The van der Waals surface area contributed by atoms with Crippen LogP contribution in [0.2, 0.25) is 0 Å². The second-order valence-electron chi connectivity index (χ2n) is 3.04. The Hall–Kier alpha value is -1.31. The van der Waals surface area contributed by atoms with Crippen LogP contribution in [0.15, 0.2) is 35.5 Å². The third-order valence-corrected chi connectivity index (χ3v) is 2.02. The predicted octanol–water partition coefficient (Wildman–Crippen LogP) is 2.06. The van der Waals surface area contributed by atoms with E-state index in [0.717, 1.165) is 5.71 Å². The summed E-state index contributed by atoms with van der Waals surface area (Å²) in [6.07, 6.45) is 0. The van der Waals surface area contributed by atoms with Gasteiger partial charge in [-0.2, -0.15) is 0 Å². The van der Waals surface area contributed by atoms with Crippen molar-refractivity contribution in [2.45, 2.75) is 6.92 Å². The highest BCUT2D eigenvalue weighted by atomic mass is 16.6. The molecule has 0 N–H and O–H groups in total. The van der Waals surface area contributed by atoms with E-state index in [1.54, 1.807) is 0 Å². The fraction of sp³-hybridized carbons (Fsp3) is 0.300. The number of hydrogen-bond acceptors (Lipinski definition) is 2. The lowest BCUT2D eigenvalue weighted by Gasteiger charge is -2.02. The van der Waals surface area contributed by atoms with Crippen molar-refractivity contribution in [2.75, 3.05) is 6.61 Å². The topological polar surface area (TPSA) is 21.6 Å². The van der Waals surface area contributed by atoms with Crippen LogP contribution in [0.3, 0.4) is 0 Å². The standard InChI is InChI=1S/C10H11NO/c1-8-7-12-11-10(8)9-5-3-2-4-6-9/h2-6,8H,7H2,1H3. The molecule has 12 heavy (non-hydrogen) atoms. The molecule has 62 valence electrons. The first-order valence-corrected chi connectivity index (χ1v) is 4.13. The van der Waals surface area contributed by atoms with Gasteiger partial charge in [0.2, 0.25) is 0 Å². The Balaban J connectivity index is 2.31. The highest BCUT2D eigenvalue weighted by Gasteiger charge is 2.19. The lowest BCUT2D eigenvalue weighted by atomic mass is 10.0. The quantitative estimate of drug-likeness (QED) is 0.617. The summed E-state index contributed by atoms with van der Waals surface area (Å²) in [6, 6.07) is 10.2. The minimum absolute atomic E-state index is 0.424. The van der Waals surface area contributed by atoms with Crippen LogP contribution >= 0.6 is 0 Å². The minimum atomic E-state index is 0.424. The van der Waals surface area contributed by atoms with Crippen LogP contribution in [0.25, 0.3) is 0 Å². The fourth-order valence-corrected chi connectivity index (χ4v) is 1.33. The van der Waals surface area contributed by atoms with Gasteiger partial charge in [-0.25, -0.2) is 0 Å². The van der Waals surface area contributed by atoms with Gasteiger partial charge in [0.25, 0.3) is 0 Å².